The fraction of sp³-hybridized carbons (Fsp3) is 0.540. The van der Waals surface area contributed by atoms with Crippen LogP contribution in [-0.4, -0.2) is 157 Å². The summed E-state index contributed by atoms with van der Waals surface area (Å²) in [5.41, 5.74) is 9.09. The minimum absolute atomic E-state index is 0.0363. The first-order valence-electron chi connectivity index (χ1n) is 23.8. The second-order valence-corrected chi connectivity index (χ2v) is 21.5. The number of carbonyl (C=O) groups is 5. The lowest BCUT2D eigenvalue weighted by Gasteiger charge is -2.41. The molecule has 3 radical (unpaired) electrons. The molecule has 367 valence electrons. The molecule has 7 heterocycles. The largest absolute Gasteiger partial charge is 0.464 e. The number of rotatable bonds is 9. The Bertz CT molecular complexity index is 2630. The van der Waals surface area contributed by atoms with Crippen LogP contribution in [0, 0.1) is 11.3 Å². The standard InChI is InChI=1S/C50H64N9O8SSi/c1-10-41(60)58-20-21-66-39-26-56(25-38(39)58)48(64)55(8)43(29(3)4)45(61)53-35-23-40-52-36(27-68-40)31-15-16-37-33(22-31)34(44(57(37)11-2)32-14-12-18-51-42(32)30(5)65-9)24-49(6,7)28-67-47(63)50(69)17-13-19-59(54-50)46(35)62/h10,12,14-16,18,22,27,29-30,35,38-39,43,54H,1,11,13,17,19-21,23-26,28H2,2-9H3,(H,53,61)/t30-,35-,38-,39-,43-,50-/m0/s1. The van der Waals surface area contributed by atoms with Crippen LogP contribution < -0.4 is 10.7 Å². The van der Waals surface area contributed by atoms with E-state index in [2.05, 4.69) is 77.2 Å². The van der Waals surface area contributed by atoms with Gasteiger partial charge in [0.05, 0.1) is 70.3 Å². The number of carbonyl (C=O) groups excluding carboxylic acids is 5. The average molecular weight is 979 g/mol. The molecule has 3 saturated heterocycles. The summed E-state index contributed by atoms with van der Waals surface area (Å²) < 4.78 is 20.3. The van der Waals surface area contributed by atoms with Crippen LogP contribution in [-0.2, 0) is 52.8 Å². The van der Waals surface area contributed by atoms with E-state index in [1.165, 1.54) is 27.3 Å². The number of hydrogen-bond acceptors (Lipinski definition) is 12. The maximum atomic E-state index is 14.8. The van der Waals surface area contributed by atoms with Gasteiger partial charge < -0.3 is 38.8 Å². The van der Waals surface area contributed by atoms with E-state index in [9.17, 15) is 24.0 Å². The number of aromatic nitrogens is 3. The highest BCUT2D eigenvalue weighted by atomic mass is 32.1. The van der Waals surface area contributed by atoms with Crippen molar-refractivity contribution in [3.63, 3.8) is 0 Å². The highest BCUT2D eigenvalue weighted by molar-refractivity contribution is 7.10. The fourth-order valence-corrected chi connectivity index (χ4v) is 11.6. The van der Waals surface area contributed by atoms with Crippen LogP contribution in [0.3, 0.4) is 0 Å². The molecule has 69 heavy (non-hydrogen) atoms. The van der Waals surface area contributed by atoms with Gasteiger partial charge in [-0.15, -0.1) is 11.3 Å². The predicted octanol–water partition coefficient (Wildman–Crippen LogP) is 4.87. The van der Waals surface area contributed by atoms with E-state index >= 15 is 0 Å². The van der Waals surface area contributed by atoms with Crippen molar-refractivity contribution in [1.29, 1.82) is 0 Å². The molecule has 4 aliphatic heterocycles. The first kappa shape index (κ1) is 49.9. The summed E-state index contributed by atoms with van der Waals surface area (Å²) in [5.74, 6) is -2.15. The van der Waals surface area contributed by atoms with Gasteiger partial charge in [-0.05, 0) is 74.9 Å². The Labute approximate surface area is 411 Å². The average Bonchev–Trinajstić information content (AvgIpc) is 4.07. The maximum Gasteiger partial charge on any atom is 0.323 e. The molecule has 5 amide bonds. The van der Waals surface area contributed by atoms with Crippen LogP contribution in [0.1, 0.15) is 76.8 Å². The molecule has 19 heteroatoms. The number of fused-ring (bicyclic) bond motifs is 7. The number of amides is 5. The number of aryl methyl sites for hydroxylation is 1. The number of nitrogens with zero attached hydrogens (tertiary/aromatic N) is 7. The lowest BCUT2D eigenvalue weighted by molar-refractivity contribution is -0.158. The first-order chi connectivity index (χ1) is 32.9. The Hall–Kier alpha value is -5.47. The zero-order valence-electron chi connectivity index (χ0n) is 40.9. The number of likely N-dealkylation sites (tertiary alicyclic amines) is 1. The van der Waals surface area contributed by atoms with Crippen LogP contribution >= 0.6 is 11.3 Å². The number of ether oxygens (including phenoxy) is 3. The van der Waals surface area contributed by atoms with E-state index in [1.807, 2.05) is 32.2 Å². The summed E-state index contributed by atoms with van der Waals surface area (Å²) in [6.07, 6.45) is 3.79. The van der Waals surface area contributed by atoms with E-state index < -0.39 is 46.5 Å². The Morgan fingerprint density at radius 3 is 2.67 bits per heavy atom. The lowest BCUT2D eigenvalue weighted by Crippen LogP contribution is -2.67. The van der Waals surface area contributed by atoms with Crippen molar-refractivity contribution in [3.8, 4) is 22.5 Å². The van der Waals surface area contributed by atoms with Gasteiger partial charge in [0, 0.05) is 85.8 Å². The highest BCUT2D eigenvalue weighted by Gasteiger charge is 2.47. The topological polar surface area (TPSA) is 181 Å². The first-order valence-corrected chi connectivity index (χ1v) is 25.2. The number of cyclic esters (lactones) is 1. The van der Waals surface area contributed by atoms with Crippen LogP contribution in [0.2, 0.25) is 0 Å². The zero-order valence-corrected chi connectivity index (χ0v) is 42.7. The van der Waals surface area contributed by atoms with Gasteiger partial charge in [0.1, 0.15) is 17.2 Å². The number of hydrogen-bond donors (Lipinski definition) is 2. The molecule has 17 nitrogen and oxygen atoms in total. The number of methoxy groups -OCH3 is 1. The van der Waals surface area contributed by atoms with E-state index in [-0.39, 0.29) is 62.7 Å². The molecule has 0 spiro atoms. The SMILES string of the molecule is C=CC(=O)N1CCO[C@H]2CN(C(=O)N(C)[C@H](C(=O)N[C@H]3Cc4nc(cs4)-c4ccc5c(c4)c(c(-c4cccnc4[C@H](C)OC)n5CC)CC(C)(C)COC(=O)[C@@]4([Si])CCCN(N4)C3=O)C(C)C)C[C@@H]21. The Morgan fingerprint density at radius 2 is 1.94 bits per heavy atom. The summed E-state index contributed by atoms with van der Waals surface area (Å²) >= 11 is 1.39. The van der Waals surface area contributed by atoms with E-state index in [1.54, 1.807) is 30.2 Å². The van der Waals surface area contributed by atoms with Crippen molar-refractivity contribution in [2.75, 3.05) is 53.6 Å². The molecule has 0 aliphatic carbocycles. The minimum Gasteiger partial charge on any atom is -0.464 e. The number of urea groups is 1. The second kappa shape index (κ2) is 20.1. The summed E-state index contributed by atoms with van der Waals surface area (Å²) in [5, 5.41) is 6.57. The number of nitrogens with one attached hydrogen (secondary N) is 2. The monoisotopic (exact) mass is 978 g/mol. The Kier molecular flexibility index (Phi) is 14.5. The zero-order chi connectivity index (χ0) is 49.5. The molecular weight excluding hydrogens is 915 g/mol. The number of thiazole rings is 1. The lowest BCUT2D eigenvalue weighted by atomic mass is 9.84. The van der Waals surface area contributed by atoms with Gasteiger partial charge in [-0.3, -0.25) is 29.2 Å². The molecule has 3 aromatic heterocycles. The smallest absolute Gasteiger partial charge is 0.323 e. The number of morpholine rings is 1. The number of esters is 1. The van der Waals surface area contributed by atoms with Gasteiger partial charge in [-0.1, -0.05) is 40.3 Å². The molecule has 3 fully saturated rings. The third-order valence-corrected chi connectivity index (χ3v) is 15.4. The predicted molar refractivity (Wildman–Crippen MR) is 263 cm³/mol. The number of pyridine rings is 1. The van der Waals surface area contributed by atoms with Gasteiger partial charge in [0.2, 0.25) is 11.8 Å². The highest BCUT2D eigenvalue weighted by Crippen LogP contribution is 2.42. The van der Waals surface area contributed by atoms with Crippen molar-refractivity contribution in [2.45, 2.75) is 109 Å². The van der Waals surface area contributed by atoms with E-state index in [4.69, 9.17) is 24.2 Å². The minimum atomic E-state index is -1.44. The molecule has 4 aliphatic rings. The normalized spacial score (nSPS) is 23.8. The summed E-state index contributed by atoms with van der Waals surface area (Å²) in [4.78, 5) is 85.2. The molecule has 6 atom stereocenters. The molecule has 2 N–H and O–H groups in total. The third kappa shape index (κ3) is 9.85. The van der Waals surface area contributed by atoms with Crippen LogP contribution in [0.15, 0.2) is 54.6 Å². The van der Waals surface area contributed by atoms with Gasteiger partial charge in [0.25, 0.3) is 5.91 Å². The van der Waals surface area contributed by atoms with Crippen LogP contribution in [0.25, 0.3) is 33.4 Å². The molecule has 6 bridgehead atoms. The van der Waals surface area contributed by atoms with E-state index in [0.717, 1.165) is 44.7 Å². The molecule has 8 rings (SSSR count). The number of hydrazine groups is 1. The Morgan fingerprint density at radius 1 is 1.16 bits per heavy atom. The quantitative estimate of drug-likeness (QED) is 0.133. The van der Waals surface area contributed by atoms with Gasteiger partial charge in [-0.25, -0.2) is 15.2 Å². The van der Waals surface area contributed by atoms with E-state index in [0.29, 0.717) is 44.0 Å². The summed E-state index contributed by atoms with van der Waals surface area (Å²) in [6.45, 7) is 17.8. The Balaban J connectivity index is 1.15. The molecular formula is C50H64N9O8SSi. The molecule has 0 saturated carbocycles. The maximum absolute atomic E-state index is 14.8. The van der Waals surface area contributed by atoms with Crippen molar-refractivity contribution in [1.82, 2.24) is 45.0 Å². The summed E-state index contributed by atoms with van der Waals surface area (Å²) in [7, 11) is 6.98. The van der Waals surface area contributed by atoms with Crippen molar-refractivity contribution < 1.29 is 38.2 Å². The van der Waals surface area contributed by atoms with Crippen LogP contribution in [0.5, 0.6) is 0 Å². The van der Waals surface area contributed by atoms with Gasteiger partial charge in [0.15, 0.2) is 0 Å². The van der Waals surface area contributed by atoms with Crippen LogP contribution in [0.4, 0.5) is 4.79 Å². The molecule has 4 aromatic rings. The fourth-order valence-electron chi connectivity index (χ4n) is 10.4. The van der Waals surface area contributed by atoms with Crippen molar-refractivity contribution in [3.05, 3.63) is 70.8 Å². The summed E-state index contributed by atoms with van der Waals surface area (Å²) in [6, 6.07) is 7.50. The number of likely N-dealkylation sites (N-methyl/N-ethyl adjacent to an activating group) is 1. The van der Waals surface area contributed by atoms with Crippen molar-refractivity contribution >= 4 is 62.2 Å². The second-order valence-electron chi connectivity index (χ2n) is 19.7. The number of benzene rings is 1. The molecule has 0 unspecified atom stereocenters. The third-order valence-electron chi connectivity index (χ3n) is 13.9. The van der Waals surface area contributed by atoms with Gasteiger partial charge in [-0.2, -0.15) is 0 Å². The van der Waals surface area contributed by atoms with Crippen molar-refractivity contribution in [2.24, 2.45) is 11.3 Å². The molecule has 1 aromatic carbocycles. The van der Waals surface area contributed by atoms with Gasteiger partial charge >= 0.3 is 12.0 Å².